The molecule has 2 aliphatic heterocycles. The van der Waals surface area contributed by atoms with Crippen molar-refractivity contribution in [1.82, 2.24) is 20.0 Å². The number of esters is 1. The molecule has 2 aromatic rings. The van der Waals surface area contributed by atoms with Crippen LogP contribution in [0.3, 0.4) is 0 Å². The summed E-state index contributed by atoms with van der Waals surface area (Å²) >= 11 is 5.97. The van der Waals surface area contributed by atoms with E-state index in [4.69, 9.17) is 16.3 Å². The summed E-state index contributed by atoms with van der Waals surface area (Å²) < 4.78 is 19.5. The number of likely N-dealkylation sites (N-methyl/N-ethyl adjacent to an activating group) is 1. The highest BCUT2D eigenvalue weighted by molar-refractivity contribution is 6.30. The van der Waals surface area contributed by atoms with Gasteiger partial charge in [0, 0.05) is 55.6 Å². The van der Waals surface area contributed by atoms with Crippen molar-refractivity contribution in [3.8, 4) is 0 Å². The smallest absolute Gasteiger partial charge is 0.338 e. The third-order valence-corrected chi connectivity index (χ3v) is 7.02. The van der Waals surface area contributed by atoms with Crippen LogP contribution in [-0.2, 0) is 9.53 Å². The Morgan fingerprint density at radius 2 is 1.84 bits per heavy atom. The number of hydrogen-bond donors (Lipinski definition) is 1. The molecule has 1 fully saturated rings. The number of rotatable bonds is 7. The number of benzene rings is 2. The van der Waals surface area contributed by atoms with Gasteiger partial charge < -0.3 is 15.0 Å². The molecule has 2 heterocycles. The lowest BCUT2D eigenvalue weighted by Gasteiger charge is -2.38. The Bertz CT molecular complexity index is 1220. The van der Waals surface area contributed by atoms with E-state index in [-0.39, 0.29) is 24.1 Å². The minimum absolute atomic E-state index is 0.0617. The first kappa shape index (κ1) is 27.6. The van der Waals surface area contributed by atoms with Gasteiger partial charge in [-0.25, -0.2) is 14.0 Å². The number of nitrogens with one attached hydrogen (secondary N) is 1. The molecule has 1 unspecified atom stereocenters. The lowest BCUT2D eigenvalue weighted by Crippen LogP contribution is -2.51. The SMILES string of the molecule is CCOC(=O)C1=C(CN2CCCN(C(=O)c3ccc(Cl)cc3)CC2)N(CC)C(=O)NC1c1cccc(F)c1. The lowest BCUT2D eigenvalue weighted by molar-refractivity contribution is -0.139. The second kappa shape index (κ2) is 12.4. The largest absolute Gasteiger partial charge is 0.463 e. The highest BCUT2D eigenvalue weighted by Crippen LogP contribution is 2.32. The molecule has 1 saturated heterocycles. The Labute approximate surface area is 227 Å². The van der Waals surface area contributed by atoms with Crippen molar-refractivity contribution in [3.05, 3.63) is 81.8 Å². The van der Waals surface area contributed by atoms with Gasteiger partial charge in [-0.1, -0.05) is 23.7 Å². The van der Waals surface area contributed by atoms with Gasteiger partial charge in [0.05, 0.1) is 18.2 Å². The highest BCUT2D eigenvalue weighted by Gasteiger charge is 2.38. The van der Waals surface area contributed by atoms with E-state index in [0.717, 1.165) is 6.42 Å². The van der Waals surface area contributed by atoms with Crippen LogP contribution in [0.2, 0.25) is 5.02 Å². The number of amides is 3. The molecule has 10 heteroatoms. The lowest BCUT2D eigenvalue weighted by atomic mass is 9.94. The Balaban J connectivity index is 1.62. The van der Waals surface area contributed by atoms with Crippen LogP contribution in [0.25, 0.3) is 0 Å². The van der Waals surface area contributed by atoms with Gasteiger partial charge in [-0.15, -0.1) is 0 Å². The molecular formula is C28H32ClFN4O4. The number of halogens is 2. The highest BCUT2D eigenvalue weighted by atomic mass is 35.5. The summed E-state index contributed by atoms with van der Waals surface area (Å²) in [6, 6.07) is 11.5. The number of carbonyl (C=O) groups excluding carboxylic acids is 3. The van der Waals surface area contributed by atoms with Crippen molar-refractivity contribution in [1.29, 1.82) is 0 Å². The Morgan fingerprint density at radius 3 is 2.53 bits per heavy atom. The van der Waals surface area contributed by atoms with Gasteiger partial charge >= 0.3 is 12.0 Å². The summed E-state index contributed by atoms with van der Waals surface area (Å²) in [6.07, 6.45) is 0.729. The fourth-order valence-electron chi connectivity index (χ4n) is 4.91. The van der Waals surface area contributed by atoms with Gasteiger partial charge in [-0.3, -0.25) is 14.6 Å². The van der Waals surface area contributed by atoms with Crippen LogP contribution in [0.15, 0.2) is 59.8 Å². The van der Waals surface area contributed by atoms with E-state index in [0.29, 0.717) is 61.1 Å². The van der Waals surface area contributed by atoms with Gasteiger partial charge in [0.25, 0.3) is 5.91 Å². The van der Waals surface area contributed by atoms with Crippen LogP contribution in [0.5, 0.6) is 0 Å². The van der Waals surface area contributed by atoms with Crippen LogP contribution >= 0.6 is 11.6 Å². The van der Waals surface area contributed by atoms with Crippen LogP contribution in [0, 0.1) is 5.82 Å². The van der Waals surface area contributed by atoms with E-state index in [1.54, 1.807) is 43.3 Å². The van der Waals surface area contributed by atoms with Crippen LogP contribution in [-0.4, -0.2) is 78.5 Å². The molecule has 4 rings (SSSR count). The summed E-state index contributed by atoms with van der Waals surface area (Å²) in [5.74, 6) is -1.07. The average Bonchev–Trinajstić information content (AvgIpc) is 3.14. The number of carbonyl (C=O) groups is 3. The van der Waals surface area contributed by atoms with Crippen molar-refractivity contribution in [3.63, 3.8) is 0 Å². The summed E-state index contributed by atoms with van der Waals surface area (Å²) in [7, 11) is 0. The summed E-state index contributed by atoms with van der Waals surface area (Å²) in [4.78, 5) is 44.9. The summed E-state index contributed by atoms with van der Waals surface area (Å²) in [5, 5.41) is 3.43. The molecule has 8 nitrogen and oxygen atoms in total. The molecule has 0 radical (unpaired) electrons. The first-order chi connectivity index (χ1) is 18.3. The normalized spacial score (nSPS) is 18.7. The van der Waals surface area contributed by atoms with E-state index in [1.165, 1.54) is 17.0 Å². The zero-order valence-corrected chi connectivity index (χ0v) is 22.3. The maximum absolute atomic E-state index is 14.1. The van der Waals surface area contributed by atoms with E-state index in [1.807, 2.05) is 11.8 Å². The predicted octanol–water partition coefficient (Wildman–Crippen LogP) is 4.23. The minimum atomic E-state index is -0.843. The predicted molar refractivity (Wildman–Crippen MR) is 142 cm³/mol. The molecule has 1 atom stereocenters. The van der Waals surface area contributed by atoms with Crippen molar-refractivity contribution in [2.75, 3.05) is 45.9 Å². The first-order valence-corrected chi connectivity index (χ1v) is 13.2. The third-order valence-electron chi connectivity index (χ3n) is 6.77. The van der Waals surface area contributed by atoms with Crippen LogP contribution < -0.4 is 5.32 Å². The number of hydrogen-bond acceptors (Lipinski definition) is 5. The molecule has 0 aromatic heterocycles. The maximum Gasteiger partial charge on any atom is 0.338 e. The van der Waals surface area contributed by atoms with E-state index in [9.17, 15) is 18.8 Å². The zero-order chi connectivity index (χ0) is 27.2. The monoisotopic (exact) mass is 542 g/mol. The Kier molecular flexibility index (Phi) is 9.01. The summed E-state index contributed by atoms with van der Waals surface area (Å²) in [6.45, 7) is 6.68. The number of nitrogens with zero attached hydrogens (tertiary/aromatic N) is 3. The van der Waals surface area contributed by atoms with Crippen molar-refractivity contribution >= 4 is 29.5 Å². The second-order valence-corrected chi connectivity index (χ2v) is 9.63. The standard InChI is InChI=1S/C28H32ClFN4O4/c1-3-34-23(18-32-13-6-14-33(16-15-32)26(35)19-9-11-21(29)12-10-19)24(27(36)38-4-2)25(31-28(34)37)20-7-5-8-22(30)17-20/h5,7-12,17,25H,3-4,6,13-16,18H2,1-2H3,(H,31,37). The van der Waals surface area contributed by atoms with Gasteiger partial charge in [0.2, 0.25) is 0 Å². The number of urea groups is 1. The van der Waals surface area contributed by atoms with E-state index < -0.39 is 17.8 Å². The van der Waals surface area contributed by atoms with E-state index in [2.05, 4.69) is 10.2 Å². The fraction of sp³-hybridized carbons (Fsp3) is 0.393. The van der Waals surface area contributed by atoms with Crippen molar-refractivity contribution in [2.45, 2.75) is 26.3 Å². The van der Waals surface area contributed by atoms with Gasteiger partial charge in [-0.05, 0) is 62.2 Å². The topological polar surface area (TPSA) is 82.2 Å². The summed E-state index contributed by atoms with van der Waals surface area (Å²) in [5.41, 5.74) is 1.86. The van der Waals surface area contributed by atoms with Crippen molar-refractivity contribution in [2.24, 2.45) is 0 Å². The number of ether oxygens (including phenoxy) is 1. The molecule has 1 N–H and O–H groups in total. The molecule has 0 spiro atoms. The van der Waals surface area contributed by atoms with E-state index >= 15 is 0 Å². The van der Waals surface area contributed by atoms with Crippen LogP contribution in [0.4, 0.5) is 9.18 Å². The maximum atomic E-state index is 14.1. The third kappa shape index (κ3) is 6.16. The second-order valence-electron chi connectivity index (χ2n) is 9.19. The van der Waals surface area contributed by atoms with Gasteiger partial charge in [-0.2, -0.15) is 0 Å². The van der Waals surface area contributed by atoms with Crippen molar-refractivity contribution < 1.29 is 23.5 Å². The van der Waals surface area contributed by atoms with Gasteiger partial charge in [0.15, 0.2) is 0 Å². The molecule has 2 aliphatic rings. The van der Waals surface area contributed by atoms with Crippen LogP contribution in [0.1, 0.15) is 42.2 Å². The fourth-order valence-corrected chi connectivity index (χ4v) is 5.04. The first-order valence-electron chi connectivity index (χ1n) is 12.8. The zero-order valence-electron chi connectivity index (χ0n) is 21.6. The Morgan fingerprint density at radius 1 is 1.08 bits per heavy atom. The molecule has 0 aliphatic carbocycles. The minimum Gasteiger partial charge on any atom is -0.463 e. The molecular weight excluding hydrogens is 511 g/mol. The average molecular weight is 543 g/mol. The molecule has 0 saturated carbocycles. The molecule has 202 valence electrons. The molecule has 0 bridgehead atoms. The Hall–Kier alpha value is -3.43. The molecule has 2 aromatic carbocycles. The molecule has 38 heavy (non-hydrogen) atoms. The van der Waals surface area contributed by atoms with Gasteiger partial charge in [0.1, 0.15) is 5.82 Å². The molecule has 3 amide bonds. The quantitative estimate of drug-likeness (QED) is 0.530.